The van der Waals surface area contributed by atoms with E-state index in [1.54, 1.807) is 0 Å². The maximum Gasteiger partial charge on any atom is 0.0576 e. The van der Waals surface area contributed by atoms with Crippen LogP contribution in [0.3, 0.4) is 0 Å². The molecule has 0 amide bonds. The van der Waals surface area contributed by atoms with E-state index >= 15 is 0 Å². The van der Waals surface area contributed by atoms with E-state index in [1.807, 2.05) is 37.4 Å². The molecule has 0 radical (unpaired) electrons. The van der Waals surface area contributed by atoms with Crippen LogP contribution < -0.4 is 5.32 Å². The Morgan fingerprint density at radius 3 is 2.67 bits per heavy atom. The van der Waals surface area contributed by atoms with Gasteiger partial charge in [0, 0.05) is 10.9 Å². The van der Waals surface area contributed by atoms with Crippen LogP contribution in [-0.2, 0) is 10.8 Å². The molecule has 3 atom stereocenters. The molecule has 0 aliphatic heterocycles. The Morgan fingerprint density at radius 2 is 2.00 bits per heavy atom. The third-order valence-electron chi connectivity index (χ3n) is 3.07. The van der Waals surface area contributed by atoms with Crippen LogP contribution in [0, 0.1) is 0 Å². The molecule has 15 heavy (non-hydrogen) atoms. The van der Waals surface area contributed by atoms with Crippen molar-refractivity contribution in [2.45, 2.75) is 35.4 Å². The van der Waals surface area contributed by atoms with E-state index in [0.717, 1.165) is 17.7 Å². The first-order chi connectivity index (χ1) is 7.33. The minimum atomic E-state index is -0.851. The predicted octanol–water partition coefficient (Wildman–Crippen LogP) is 1.93. The van der Waals surface area contributed by atoms with Crippen LogP contribution in [0.5, 0.6) is 0 Å². The van der Waals surface area contributed by atoms with E-state index < -0.39 is 10.8 Å². The van der Waals surface area contributed by atoms with Crippen molar-refractivity contribution < 1.29 is 4.21 Å². The van der Waals surface area contributed by atoms with Crippen molar-refractivity contribution in [1.29, 1.82) is 0 Å². The number of nitrogens with one attached hydrogen (secondary N) is 1. The molecule has 3 unspecified atom stereocenters. The first kappa shape index (κ1) is 10.8. The van der Waals surface area contributed by atoms with E-state index in [4.69, 9.17) is 0 Å². The second kappa shape index (κ2) is 4.90. The summed E-state index contributed by atoms with van der Waals surface area (Å²) in [5.41, 5.74) is 0. The van der Waals surface area contributed by atoms with Crippen LogP contribution in [0.15, 0.2) is 35.2 Å². The fourth-order valence-corrected chi connectivity index (χ4v) is 3.97. The maximum absolute atomic E-state index is 12.3. The minimum absolute atomic E-state index is 0.289. The van der Waals surface area contributed by atoms with Gasteiger partial charge in [0.2, 0.25) is 0 Å². The van der Waals surface area contributed by atoms with Crippen LogP contribution in [0.1, 0.15) is 19.3 Å². The van der Waals surface area contributed by atoms with Crippen molar-refractivity contribution in [3.63, 3.8) is 0 Å². The van der Waals surface area contributed by atoms with Crippen molar-refractivity contribution >= 4 is 10.8 Å². The fourth-order valence-electron chi connectivity index (χ4n) is 2.24. The molecule has 2 rings (SSSR count). The summed E-state index contributed by atoms with van der Waals surface area (Å²) in [7, 11) is 1.11. The fraction of sp³-hybridized carbons (Fsp3) is 0.500. The molecule has 0 saturated heterocycles. The monoisotopic (exact) mass is 223 g/mol. The van der Waals surface area contributed by atoms with Gasteiger partial charge < -0.3 is 5.32 Å². The van der Waals surface area contributed by atoms with Crippen molar-refractivity contribution in [1.82, 2.24) is 5.32 Å². The molecule has 2 nitrogen and oxygen atoms in total. The molecule has 1 aliphatic rings. The summed E-state index contributed by atoms with van der Waals surface area (Å²) in [6.07, 6.45) is 3.42. The standard InChI is InChI=1S/C12H17NOS/c1-13-11-8-5-9-12(11)15(14)10-6-3-2-4-7-10/h2-4,6-7,11-13H,5,8-9H2,1H3. The lowest BCUT2D eigenvalue weighted by Gasteiger charge is -2.18. The normalized spacial score (nSPS) is 27.8. The number of rotatable bonds is 3. The van der Waals surface area contributed by atoms with Crippen LogP contribution in [-0.4, -0.2) is 22.5 Å². The second-order valence-electron chi connectivity index (χ2n) is 3.97. The summed E-state index contributed by atoms with van der Waals surface area (Å²) in [4.78, 5) is 0.963. The van der Waals surface area contributed by atoms with Gasteiger partial charge in [-0.2, -0.15) is 0 Å². The van der Waals surface area contributed by atoms with Gasteiger partial charge in [0.1, 0.15) is 0 Å². The average molecular weight is 223 g/mol. The molecule has 1 N–H and O–H groups in total. The first-order valence-electron chi connectivity index (χ1n) is 5.46. The average Bonchev–Trinajstić information content (AvgIpc) is 2.77. The van der Waals surface area contributed by atoms with Gasteiger partial charge in [0.25, 0.3) is 0 Å². The molecule has 82 valence electrons. The lowest BCUT2D eigenvalue weighted by atomic mass is 10.2. The highest BCUT2D eigenvalue weighted by atomic mass is 32.2. The number of hydrogen-bond acceptors (Lipinski definition) is 2. The van der Waals surface area contributed by atoms with E-state index in [2.05, 4.69) is 5.32 Å². The van der Waals surface area contributed by atoms with Gasteiger partial charge in [-0.15, -0.1) is 0 Å². The second-order valence-corrected chi connectivity index (χ2v) is 5.65. The predicted molar refractivity (Wildman–Crippen MR) is 63.3 cm³/mol. The summed E-state index contributed by atoms with van der Waals surface area (Å²) < 4.78 is 12.3. The molecule has 0 heterocycles. The third-order valence-corrected chi connectivity index (χ3v) is 4.92. The zero-order chi connectivity index (χ0) is 10.7. The zero-order valence-corrected chi connectivity index (χ0v) is 9.80. The molecule has 3 heteroatoms. The highest BCUT2D eigenvalue weighted by Crippen LogP contribution is 2.26. The van der Waals surface area contributed by atoms with Crippen LogP contribution in [0.4, 0.5) is 0 Å². The molecule has 0 bridgehead atoms. The lowest BCUT2D eigenvalue weighted by molar-refractivity contribution is 0.576. The van der Waals surface area contributed by atoms with Gasteiger partial charge in [-0.25, -0.2) is 0 Å². The highest BCUT2D eigenvalue weighted by molar-refractivity contribution is 7.85. The molecular formula is C12H17NOS. The quantitative estimate of drug-likeness (QED) is 0.848. The molecule has 1 fully saturated rings. The third kappa shape index (κ3) is 2.29. The van der Waals surface area contributed by atoms with Gasteiger partial charge in [-0.05, 0) is 32.0 Å². The van der Waals surface area contributed by atoms with Crippen LogP contribution >= 0.6 is 0 Å². The van der Waals surface area contributed by atoms with Crippen molar-refractivity contribution in [3.05, 3.63) is 30.3 Å². The zero-order valence-electron chi connectivity index (χ0n) is 8.98. The molecule has 1 saturated carbocycles. The largest absolute Gasteiger partial charge is 0.316 e. The van der Waals surface area contributed by atoms with Crippen molar-refractivity contribution in [2.75, 3.05) is 7.05 Å². The van der Waals surface area contributed by atoms with E-state index in [9.17, 15) is 4.21 Å². The molecule has 1 aromatic carbocycles. The van der Waals surface area contributed by atoms with Gasteiger partial charge in [0.05, 0.1) is 16.0 Å². The Labute approximate surface area is 93.5 Å². The van der Waals surface area contributed by atoms with E-state index in [1.165, 1.54) is 6.42 Å². The molecule has 0 spiro atoms. The topological polar surface area (TPSA) is 29.1 Å². The Bertz CT molecular complexity index is 339. The van der Waals surface area contributed by atoms with Crippen LogP contribution in [0.25, 0.3) is 0 Å². The van der Waals surface area contributed by atoms with Gasteiger partial charge in [-0.1, -0.05) is 24.6 Å². The minimum Gasteiger partial charge on any atom is -0.316 e. The number of benzene rings is 1. The molecule has 1 aromatic rings. The van der Waals surface area contributed by atoms with Crippen LogP contribution in [0.2, 0.25) is 0 Å². The molecule has 1 aliphatic carbocycles. The Morgan fingerprint density at radius 1 is 1.27 bits per heavy atom. The molecular weight excluding hydrogens is 206 g/mol. The van der Waals surface area contributed by atoms with Crippen molar-refractivity contribution in [3.8, 4) is 0 Å². The summed E-state index contributed by atoms with van der Waals surface area (Å²) in [5.74, 6) is 0. The summed E-state index contributed by atoms with van der Waals surface area (Å²) in [6.45, 7) is 0. The number of hydrogen-bond donors (Lipinski definition) is 1. The summed E-state index contributed by atoms with van der Waals surface area (Å²) in [6, 6.07) is 10.2. The van der Waals surface area contributed by atoms with Gasteiger partial charge in [0.15, 0.2) is 0 Å². The Hall–Kier alpha value is -0.670. The Balaban J connectivity index is 2.14. The van der Waals surface area contributed by atoms with Gasteiger partial charge >= 0.3 is 0 Å². The van der Waals surface area contributed by atoms with E-state index in [-0.39, 0.29) is 5.25 Å². The van der Waals surface area contributed by atoms with Crippen molar-refractivity contribution in [2.24, 2.45) is 0 Å². The first-order valence-corrected chi connectivity index (χ1v) is 6.67. The van der Waals surface area contributed by atoms with E-state index in [0.29, 0.717) is 6.04 Å². The summed E-state index contributed by atoms with van der Waals surface area (Å²) in [5, 5.41) is 3.56. The smallest absolute Gasteiger partial charge is 0.0576 e. The highest BCUT2D eigenvalue weighted by Gasteiger charge is 2.31. The Kier molecular flexibility index (Phi) is 3.54. The van der Waals surface area contributed by atoms with Gasteiger partial charge in [-0.3, -0.25) is 4.21 Å². The lowest BCUT2D eigenvalue weighted by Crippen LogP contribution is -2.35. The maximum atomic E-state index is 12.3. The summed E-state index contributed by atoms with van der Waals surface area (Å²) >= 11 is 0. The molecule has 0 aromatic heterocycles. The SMILES string of the molecule is CNC1CCCC1S(=O)c1ccccc1.